The minimum absolute atomic E-state index is 0. The quantitative estimate of drug-likeness (QED) is 0.871. The van der Waals surface area contributed by atoms with E-state index in [0.717, 1.165) is 31.2 Å². The van der Waals surface area contributed by atoms with E-state index in [1.807, 2.05) is 19.1 Å². The van der Waals surface area contributed by atoms with E-state index in [1.54, 1.807) is 0 Å². The van der Waals surface area contributed by atoms with Gasteiger partial charge in [0.15, 0.2) is 0 Å². The Labute approximate surface area is 148 Å². The predicted octanol–water partition coefficient (Wildman–Crippen LogP) is 2.55. The molecule has 24 heavy (non-hydrogen) atoms. The van der Waals surface area contributed by atoms with Crippen LogP contribution >= 0.6 is 12.4 Å². The van der Waals surface area contributed by atoms with E-state index in [2.05, 4.69) is 10.6 Å². The van der Waals surface area contributed by atoms with Crippen molar-refractivity contribution in [3.8, 4) is 0 Å². The molecule has 1 heterocycles. The van der Waals surface area contributed by atoms with Gasteiger partial charge in [-0.05, 0) is 37.5 Å². The van der Waals surface area contributed by atoms with Crippen molar-refractivity contribution in [2.75, 3.05) is 19.7 Å². The Bertz CT molecular complexity index is 546. The van der Waals surface area contributed by atoms with Crippen LogP contribution in [0.25, 0.3) is 0 Å². The highest BCUT2D eigenvalue weighted by molar-refractivity contribution is 5.85. The maximum absolute atomic E-state index is 13.2. The fourth-order valence-corrected chi connectivity index (χ4v) is 3.82. The second-order valence-corrected chi connectivity index (χ2v) is 6.72. The summed E-state index contributed by atoms with van der Waals surface area (Å²) in [7, 11) is 0. The number of carbonyl (C=O) groups is 1. The highest BCUT2D eigenvalue weighted by atomic mass is 35.5. The van der Waals surface area contributed by atoms with Crippen LogP contribution in [0, 0.1) is 5.82 Å². The molecule has 1 saturated heterocycles. The first-order valence-electron chi connectivity index (χ1n) is 8.49. The zero-order chi connectivity index (χ0) is 16.3. The zero-order valence-corrected chi connectivity index (χ0v) is 14.8. The zero-order valence-electron chi connectivity index (χ0n) is 14.0. The second-order valence-electron chi connectivity index (χ2n) is 6.72. The van der Waals surface area contributed by atoms with Gasteiger partial charge in [0.1, 0.15) is 11.9 Å². The van der Waals surface area contributed by atoms with Crippen LogP contribution in [-0.4, -0.2) is 37.7 Å². The van der Waals surface area contributed by atoms with Gasteiger partial charge in [0.2, 0.25) is 5.91 Å². The Morgan fingerprint density at radius 2 is 2.00 bits per heavy atom. The van der Waals surface area contributed by atoms with Crippen molar-refractivity contribution in [3.63, 3.8) is 0 Å². The van der Waals surface area contributed by atoms with Crippen LogP contribution in [0.3, 0.4) is 0 Å². The number of ether oxygens (including phenoxy) is 1. The largest absolute Gasteiger partial charge is 0.375 e. The number of halogens is 2. The van der Waals surface area contributed by atoms with Gasteiger partial charge in [-0.3, -0.25) is 4.79 Å². The van der Waals surface area contributed by atoms with Crippen LogP contribution in [0.1, 0.15) is 38.2 Å². The van der Waals surface area contributed by atoms with Crippen LogP contribution in [0.4, 0.5) is 4.39 Å². The normalized spacial score (nSPS) is 25.8. The Morgan fingerprint density at radius 1 is 1.33 bits per heavy atom. The van der Waals surface area contributed by atoms with Gasteiger partial charge in [0, 0.05) is 18.5 Å². The lowest BCUT2D eigenvalue weighted by Gasteiger charge is -2.33. The summed E-state index contributed by atoms with van der Waals surface area (Å²) >= 11 is 0. The van der Waals surface area contributed by atoms with Gasteiger partial charge in [-0.25, -0.2) is 4.39 Å². The smallest absolute Gasteiger partial charge is 0.239 e. The van der Waals surface area contributed by atoms with E-state index in [-0.39, 0.29) is 41.7 Å². The molecule has 1 aromatic carbocycles. The summed E-state index contributed by atoms with van der Waals surface area (Å²) in [6.45, 7) is 3.86. The summed E-state index contributed by atoms with van der Waals surface area (Å²) in [5.74, 6) is -0.228. The number of amides is 1. The molecule has 1 amide bonds. The third-order valence-electron chi connectivity index (χ3n) is 5.22. The number of hydrogen-bond donors (Lipinski definition) is 2. The van der Waals surface area contributed by atoms with Crippen molar-refractivity contribution in [2.24, 2.45) is 0 Å². The SMILES string of the molecule is C[C@H]1OCCN[C@@H]1C(=O)NCC1(c2ccc(F)cc2)CCCC1.Cl. The first-order chi connectivity index (χ1) is 11.1. The lowest BCUT2D eigenvalue weighted by atomic mass is 9.78. The molecule has 1 aliphatic heterocycles. The maximum atomic E-state index is 13.2. The molecule has 1 aromatic rings. The average Bonchev–Trinajstić information content (AvgIpc) is 3.04. The average molecular weight is 357 g/mol. The molecule has 1 aliphatic carbocycles. The van der Waals surface area contributed by atoms with Crippen molar-refractivity contribution >= 4 is 18.3 Å². The first kappa shape index (κ1) is 19.2. The van der Waals surface area contributed by atoms with Crippen molar-refractivity contribution in [1.29, 1.82) is 0 Å². The molecule has 2 fully saturated rings. The number of morpholine rings is 1. The van der Waals surface area contributed by atoms with Gasteiger partial charge >= 0.3 is 0 Å². The first-order valence-corrected chi connectivity index (χ1v) is 8.49. The third-order valence-corrected chi connectivity index (χ3v) is 5.22. The molecule has 0 unspecified atom stereocenters. The molecule has 2 N–H and O–H groups in total. The standard InChI is InChI=1S/C18H25FN2O2.ClH/c1-13-16(20-10-11-23-13)17(22)21-12-18(8-2-3-9-18)14-4-6-15(19)7-5-14;/h4-7,13,16,20H,2-3,8-12H2,1H3,(H,21,22);1H/t13-,16+;/m1./s1. The third kappa shape index (κ3) is 4.08. The van der Waals surface area contributed by atoms with E-state index in [1.165, 1.54) is 12.1 Å². The summed E-state index contributed by atoms with van der Waals surface area (Å²) in [6, 6.07) is 6.44. The molecular weight excluding hydrogens is 331 g/mol. The molecule has 0 aromatic heterocycles. The van der Waals surface area contributed by atoms with Crippen LogP contribution in [-0.2, 0) is 14.9 Å². The summed E-state index contributed by atoms with van der Waals surface area (Å²) in [6.07, 6.45) is 4.24. The number of rotatable bonds is 4. The Kier molecular flexibility index (Phi) is 6.61. The molecular formula is C18H26ClFN2O2. The Hall–Kier alpha value is -1.17. The lowest BCUT2D eigenvalue weighted by Crippen LogP contribution is -2.56. The van der Waals surface area contributed by atoms with E-state index in [9.17, 15) is 9.18 Å². The van der Waals surface area contributed by atoms with Crippen LogP contribution in [0.5, 0.6) is 0 Å². The van der Waals surface area contributed by atoms with E-state index < -0.39 is 0 Å². The van der Waals surface area contributed by atoms with Crippen molar-refractivity contribution in [3.05, 3.63) is 35.6 Å². The molecule has 3 rings (SSSR count). The van der Waals surface area contributed by atoms with Gasteiger partial charge in [-0.15, -0.1) is 12.4 Å². The molecule has 4 nitrogen and oxygen atoms in total. The molecule has 0 spiro atoms. The molecule has 2 aliphatic rings. The van der Waals surface area contributed by atoms with Gasteiger partial charge in [0.25, 0.3) is 0 Å². The van der Waals surface area contributed by atoms with Crippen molar-refractivity contribution in [2.45, 2.75) is 50.2 Å². The van der Waals surface area contributed by atoms with Gasteiger partial charge in [0.05, 0.1) is 12.7 Å². The topological polar surface area (TPSA) is 50.4 Å². The fourth-order valence-electron chi connectivity index (χ4n) is 3.82. The Balaban J connectivity index is 0.00000208. The maximum Gasteiger partial charge on any atom is 0.239 e. The van der Waals surface area contributed by atoms with Crippen LogP contribution < -0.4 is 10.6 Å². The summed E-state index contributed by atoms with van der Waals surface area (Å²) < 4.78 is 18.7. The highest BCUT2D eigenvalue weighted by Crippen LogP contribution is 2.40. The molecule has 1 saturated carbocycles. The molecule has 6 heteroatoms. The van der Waals surface area contributed by atoms with E-state index in [0.29, 0.717) is 19.7 Å². The molecule has 2 atom stereocenters. The van der Waals surface area contributed by atoms with E-state index in [4.69, 9.17) is 4.74 Å². The molecule has 0 radical (unpaired) electrons. The number of benzene rings is 1. The highest BCUT2D eigenvalue weighted by Gasteiger charge is 2.37. The number of nitrogens with one attached hydrogen (secondary N) is 2. The minimum Gasteiger partial charge on any atom is -0.375 e. The predicted molar refractivity (Wildman–Crippen MR) is 94.0 cm³/mol. The molecule has 0 bridgehead atoms. The van der Waals surface area contributed by atoms with Gasteiger partial charge in [-0.1, -0.05) is 25.0 Å². The summed E-state index contributed by atoms with van der Waals surface area (Å²) in [5.41, 5.74) is 1.06. The van der Waals surface area contributed by atoms with Crippen molar-refractivity contribution in [1.82, 2.24) is 10.6 Å². The summed E-state index contributed by atoms with van der Waals surface area (Å²) in [5, 5.41) is 6.32. The van der Waals surface area contributed by atoms with Gasteiger partial charge in [-0.2, -0.15) is 0 Å². The lowest BCUT2D eigenvalue weighted by molar-refractivity contribution is -0.129. The minimum atomic E-state index is -0.296. The van der Waals surface area contributed by atoms with Crippen LogP contribution in [0.15, 0.2) is 24.3 Å². The summed E-state index contributed by atoms with van der Waals surface area (Å²) in [4.78, 5) is 12.5. The number of hydrogen-bond acceptors (Lipinski definition) is 3. The Morgan fingerprint density at radius 3 is 2.62 bits per heavy atom. The van der Waals surface area contributed by atoms with E-state index >= 15 is 0 Å². The second kappa shape index (κ2) is 8.28. The van der Waals surface area contributed by atoms with Crippen LogP contribution in [0.2, 0.25) is 0 Å². The molecule has 134 valence electrons. The monoisotopic (exact) mass is 356 g/mol. The fraction of sp³-hybridized carbons (Fsp3) is 0.611. The van der Waals surface area contributed by atoms with Gasteiger partial charge < -0.3 is 15.4 Å². The number of carbonyl (C=O) groups excluding carboxylic acids is 1. The van der Waals surface area contributed by atoms with Crippen molar-refractivity contribution < 1.29 is 13.9 Å².